The predicted molar refractivity (Wildman–Crippen MR) is 132 cm³/mol. The molecular weight excluding hydrogens is 434 g/mol. The Morgan fingerprint density at radius 1 is 1.12 bits per heavy atom. The Kier molecular flexibility index (Phi) is 7.60. The molecule has 0 aromatic carbocycles. The second kappa shape index (κ2) is 10.4. The number of aromatic nitrogens is 4. The molecule has 0 aliphatic carbocycles. The Morgan fingerprint density at radius 2 is 1.85 bits per heavy atom. The quantitative estimate of drug-likeness (QED) is 0.513. The van der Waals surface area contributed by atoms with E-state index in [9.17, 15) is 14.4 Å². The van der Waals surface area contributed by atoms with Crippen molar-refractivity contribution < 1.29 is 9.59 Å². The molecule has 180 valence electrons. The molecule has 0 spiro atoms. The van der Waals surface area contributed by atoms with Crippen molar-refractivity contribution in [3.05, 3.63) is 52.6 Å². The lowest BCUT2D eigenvalue weighted by Gasteiger charge is -2.27. The molecule has 1 atom stereocenters. The van der Waals surface area contributed by atoms with Gasteiger partial charge in [-0.25, -0.2) is 9.97 Å². The number of carbonyl (C=O) groups excluding carboxylic acids is 2. The number of carbonyl (C=O) groups is 2. The molecule has 34 heavy (non-hydrogen) atoms. The molecule has 10 heteroatoms. The maximum absolute atomic E-state index is 13.9. The minimum atomic E-state index is -0.462. The van der Waals surface area contributed by atoms with Gasteiger partial charge in [-0.3, -0.25) is 28.8 Å². The first-order valence-corrected chi connectivity index (χ1v) is 11.3. The molecule has 0 bridgehead atoms. The molecule has 0 saturated carbocycles. The van der Waals surface area contributed by atoms with Gasteiger partial charge >= 0.3 is 0 Å². The van der Waals surface area contributed by atoms with Gasteiger partial charge in [0.05, 0.1) is 11.7 Å². The predicted octanol–water partition coefficient (Wildman–Crippen LogP) is 2.12. The van der Waals surface area contributed by atoms with E-state index in [0.29, 0.717) is 29.1 Å². The third-order valence-electron chi connectivity index (χ3n) is 5.68. The molecule has 10 nitrogen and oxygen atoms in total. The van der Waals surface area contributed by atoms with Gasteiger partial charge in [0.25, 0.3) is 5.56 Å². The number of rotatable bonds is 9. The van der Waals surface area contributed by atoms with Crippen molar-refractivity contribution in [1.82, 2.24) is 19.5 Å². The average Bonchev–Trinajstić information content (AvgIpc) is 2.83. The highest BCUT2D eigenvalue weighted by molar-refractivity contribution is 5.92. The number of nitrogens with zero attached hydrogens (tertiary/aromatic N) is 6. The smallest absolute Gasteiger partial charge is 0.295 e. The van der Waals surface area contributed by atoms with Crippen LogP contribution in [0.3, 0.4) is 0 Å². The molecule has 3 aromatic rings. The van der Waals surface area contributed by atoms with Crippen molar-refractivity contribution >= 4 is 34.6 Å². The zero-order valence-corrected chi connectivity index (χ0v) is 20.2. The summed E-state index contributed by atoms with van der Waals surface area (Å²) < 4.78 is 1.60. The van der Waals surface area contributed by atoms with Crippen molar-refractivity contribution in [2.45, 2.75) is 39.7 Å². The van der Waals surface area contributed by atoms with Crippen molar-refractivity contribution in [1.29, 1.82) is 0 Å². The molecule has 0 radical (unpaired) electrons. The molecular formula is C24H31N7O3. The monoisotopic (exact) mass is 465 g/mol. The molecule has 3 heterocycles. The first-order valence-electron chi connectivity index (χ1n) is 11.3. The van der Waals surface area contributed by atoms with Gasteiger partial charge in [-0.1, -0.05) is 26.8 Å². The van der Waals surface area contributed by atoms with Crippen LogP contribution in [0, 0.1) is 5.92 Å². The molecule has 0 fully saturated rings. The first-order chi connectivity index (χ1) is 16.1. The third kappa shape index (κ3) is 5.05. The van der Waals surface area contributed by atoms with E-state index in [-0.39, 0.29) is 36.2 Å². The van der Waals surface area contributed by atoms with Crippen LogP contribution in [0.2, 0.25) is 0 Å². The van der Waals surface area contributed by atoms with E-state index in [1.807, 2.05) is 32.0 Å². The van der Waals surface area contributed by atoms with Crippen molar-refractivity contribution in [3.63, 3.8) is 0 Å². The van der Waals surface area contributed by atoms with Gasteiger partial charge in [-0.05, 0) is 30.2 Å². The molecule has 2 amide bonds. The van der Waals surface area contributed by atoms with Crippen LogP contribution in [-0.2, 0) is 9.59 Å². The lowest BCUT2D eigenvalue weighted by Crippen LogP contribution is -2.37. The number of pyridine rings is 2. The largest absolute Gasteiger partial charge is 0.370 e. The topological polar surface area (TPSA) is 127 Å². The average molecular weight is 466 g/mol. The van der Waals surface area contributed by atoms with E-state index in [0.717, 1.165) is 0 Å². The molecule has 0 saturated heterocycles. The van der Waals surface area contributed by atoms with Crippen LogP contribution in [0.5, 0.6) is 0 Å². The summed E-state index contributed by atoms with van der Waals surface area (Å²) in [6.07, 6.45) is 2.10. The maximum Gasteiger partial charge on any atom is 0.295 e. The number of hydrogen-bond donors (Lipinski definition) is 1. The summed E-state index contributed by atoms with van der Waals surface area (Å²) in [5.41, 5.74) is 6.50. The molecule has 0 unspecified atom stereocenters. The van der Waals surface area contributed by atoms with E-state index < -0.39 is 11.9 Å². The Bertz CT molecular complexity index is 1240. The normalized spacial score (nSPS) is 12.1. The Balaban J connectivity index is 2.31. The fourth-order valence-electron chi connectivity index (χ4n) is 3.83. The van der Waals surface area contributed by atoms with E-state index >= 15 is 0 Å². The Labute approximate surface area is 198 Å². The number of primary amides is 1. The fraction of sp³-hybridized carbons (Fsp3) is 0.417. The maximum atomic E-state index is 13.9. The standard InChI is InChI=1S/C24H31N7O3/c1-6-20(33)30(5)19-11-10-17-22(28-19)31(21(15(2)3)16-9-7-8-13-26-16)24(34)23(27-17)29(4)14-12-18(25)32/h7-11,13,15,21H,6,12,14H2,1-5H3,(H2,25,32)/t21-/m0/s1. The van der Waals surface area contributed by atoms with Gasteiger partial charge in [0.15, 0.2) is 11.5 Å². The second-order valence-corrected chi connectivity index (χ2v) is 8.51. The zero-order valence-electron chi connectivity index (χ0n) is 20.2. The number of fused-ring (bicyclic) bond motifs is 1. The van der Waals surface area contributed by atoms with Crippen LogP contribution in [0.1, 0.15) is 45.3 Å². The van der Waals surface area contributed by atoms with Crippen LogP contribution in [0.4, 0.5) is 11.6 Å². The van der Waals surface area contributed by atoms with Crippen LogP contribution in [-0.4, -0.2) is 52.0 Å². The SMILES string of the molecule is CCC(=O)N(C)c1ccc2nc(N(C)CCC(N)=O)c(=O)n([C@H](c3ccccn3)C(C)C)c2n1. The van der Waals surface area contributed by atoms with Gasteiger partial charge in [-0.2, -0.15) is 0 Å². The van der Waals surface area contributed by atoms with Crippen LogP contribution in [0.25, 0.3) is 11.2 Å². The lowest BCUT2D eigenvalue weighted by atomic mass is 9.99. The summed E-state index contributed by atoms with van der Waals surface area (Å²) in [5.74, 6) is 0.0380. The van der Waals surface area contributed by atoms with E-state index in [1.165, 1.54) is 4.90 Å². The van der Waals surface area contributed by atoms with Crippen molar-refractivity contribution in [2.24, 2.45) is 11.7 Å². The molecule has 2 N–H and O–H groups in total. The first kappa shape index (κ1) is 24.8. The molecule has 0 aliphatic rings. The summed E-state index contributed by atoms with van der Waals surface area (Å²) in [7, 11) is 3.35. The third-order valence-corrected chi connectivity index (χ3v) is 5.68. The number of amides is 2. The van der Waals surface area contributed by atoms with Crippen LogP contribution >= 0.6 is 0 Å². The highest BCUT2D eigenvalue weighted by Gasteiger charge is 2.27. The minimum absolute atomic E-state index is 0.0116. The Morgan fingerprint density at radius 3 is 2.44 bits per heavy atom. The summed E-state index contributed by atoms with van der Waals surface area (Å²) >= 11 is 0. The van der Waals surface area contributed by atoms with Crippen molar-refractivity contribution in [2.75, 3.05) is 30.4 Å². The zero-order chi connectivity index (χ0) is 25.0. The van der Waals surface area contributed by atoms with Gasteiger partial charge < -0.3 is 10.6 Å². The van der Waals surface area contributed by atoms with Crippen molar-refractivity contribution in [3.8, 4) is 0 Å². The minimum Gasteiger partial charge on any atom is -0.370 e. The summed E-state index contributed by atoms with van der Waals surface area (Å²) in [6, 6.07) is 8.58. The summed E-state index contributed by atoms with van der Waals surface area (Å²) in [5, 5.41) is 0. The fourth-order valence-corrected chi connectivity index (χ4v) is 3.83. The molecule has 3 rings (SSSR count). The summed E-state index contributed by atoms with van der Waals surface area (Å²) in [4.78, 5) is 54.3. The van der Waals surface area contributed by atoms with Crippen LogP contribution in [0.15, 0.2) is 41.3 Å². The highest BCUT2D eigenvalue weighted by atomic mass is 16.2. The van der Waals surface area contributed by atoms with E-state index in [4.69, 9.17) is 10.7 Å². The highest BCUT2D eigenvalue weighted by Crippen LogP contribution is 2.28. The number of hydrogen-bond acceptors (Lipinski definition) is 7. The van der Waals surface area contributed by atoms with Gasteiger partial charge in [0.1, 0.15) is 11.3 Å². The Hall–Kier alpha value is -3.82. The molecule has 0 aliphatic heterocycles. The van der Waals surface area contributed by atoms with Crippen LogP contribution < -0.4 is 21.1 Å². The van der Waals surface area contributed by atoms with Gasteiger partial charge in [0, 0.05) is 39.7 Å². The number of anilines is 2. The van der Waals surface area contributed by atoms with E-state index in [1.54, 1.807) is 48.8 Å². The second-order valence-electron chi connectivity index (χ2n) is 8.51. The van der Waals surface area contributed by atoms with Gasteiger partial charge in [-0.15, -0.1) is 0 Å². The number of nitrogens with two attached hydrogens (primary N) is 1. The lowest BCUT2D eigenvalue weighted by molar-refractivity contribution is -0.118. The summed E-state index contributed by atoms with van der Waals surface area (Å²) in [6.45, 7) is 6.04. The van der Waals surface area contributed by atoms with E-state index in [2.05, 4.69) is 9.97 Å². The van der Waals surface area contributed by atoms with Gasteiger partial charge in [0.2, 0.25) is 11.8 Å². The molecule has 3 aromatic heterocycles.